The van der Waals surface area contributed by atoms with Gasteiger partial charge in [0.15, 0.2) is 0 Å². The van der Waals surface area contributed by atoms with Crippen molar-refractivity contribution in [2.75, 3.05) is 25.6 Å². The molecule has 4 heteroatoms. The summed E-state index contributed by atoms with van der Waals surface area (Å²) in [7, 11) is 0. The van der Waals surface area contributed by atoms with Gasteiger partial charge in [-0.2, -0.15) is 0 Å². The average Bonchev–Trinajstić information content (AvgIpc) is 2.33. The number of benzene rings is 1. The van der Waals surface area contributed by atoms with Crippen molar-refractivity contribution in [3.63, 3.8) is 0 Å². The smallest absolute Gasteiger partial charge is 0.145 e. The van der Waals surface area contributed by atoms with Crippen LogP contribution in [0.3, 0.4) is 0 Å². The van der Waals surface area contributed by atoms with Crippen molar-refractivity contribution in [2.45, 2.75) is 25.7 Å². The van der Waals surface area contributed by atoms with Gasteiger partial charge in [-0.3, -0.25) is 0 Å². The van der Waals surface area contributed by atoms with Gasteiger partial charge in [-0.05, 0) is 31.7 Å². The van der Waals surface area contributed by atoms with E-state index in [2.05, 4.69) is 0 Å². The molecular weight excluding hydrogens is 221 g/mol. The van der Waals surface area contributed by atoms with Gasteiger partial charge in [-0.15, -0.1) is 0 Å². The molecule has 1 fully saturated rings. The van der Waals surface area contributed by atoms with Crippen molar-refractivity contribution in [3.05, 3.63) is 23.5 Å². The minimum Gasteiger partial charge on any atom is -0.491 e. The van der Waals surface area contributed by atoms with Crippen molar-refractivity contribution in [2.24, 2.45) is 0 Å². The van der Waals surface area contributed by atoms with Crippen molar-refractivity contribution in [3.8, 4) is 5.75 Å². The molecule has 0 unspecified atom stereocenters. The van der Waals surface area contributed by atoms with Crippen LogP contribution in [0.5, 0.6) is 5.75 Å². The molecule has 0 amide bonds. The fraction of sp³-hybridized carbons (Fsp3) is 0.538. The standard InChI is InChI=1S/C13H18FNO2/c1-2-17-13-11(7-10(14)8-12(13)15)9-3-5-16-6-4-9/h7-9H,2-6,15H2,1H3. The van der Waals surface area contributed by atoms with Crippen molar-refractivity contribution < 1.29 is 13.9 Å². The molecule has 0 atom stereocenters. The lowest BCUT2D eigenvalue weighted by Gasteiger charge is -2.25. The predicted molar refractivity (Wildman–Crippen MR) is 64.8 cm³/mol. The summed E-state index contributed by atoms with van der Waals surface area (Å²) in [6, 6.07) is 2.85. The summed E-state index contributed by atoms with van der Waals surface area (Å²) < 4.78 is 24.3. The Kier molecular flexibility index (Phi) is 3.84. The third-order valence-electron chi connectivity index (χ3n) is 3.06. The van der Waals surface area contributed by atoms with Gasteiger partial charge in [-0.1, -0.05) is 0 Å². The molecule has 0 spiro atoms. The molecule has 94 valence electrons. The van der Waals surface area contributed by atoms with E-state index in [9.17, 15) is 4.39 Å². The van der Waals surface area contributed by atoms with Gasteiger partial charge in [0.2, 0.25) is 0 Å². The first kappa shape index (κ1) is 12.2. The van der Waals surface area contributed by atoms with Crippen LogP contribution in [-0.2, 0) is 4.74 Å². The Morgan fingerprint density at radius 2 is 2.12 bits per heavy atom. The number of hydrogen-bond acceptors (Lipinski definition) is 3. The second kappa shape index (κ2) is 5.36. The minimum atomic E-state index is -0.299. The highest BCUT2D eigenvalue weighted by atomic mass is 19.1. The van der Waals surface area contributed by atoms with Crippen LogP contribution in [0.25, 0.3) is 0 Å². The number of anilines is 1. The van der Waals surface area contributed by atoms with Gasteiger partial charge >= 0.3 is 0 Å². The van der Waals surface area contributed by atoms with Crippen LogP contribution in [0.2, 0.25) is 0 Å². The van der Waals surface area contributed by atoms with Gasteiger partial charge in [0.25, 0.3) is 0 Å². The lowest BCUT2D eigenvalue weighted by molar-refractivity contribution is 0.0846. The van der Waals surface area contributed by atoms with E-state index < -0.39 is 0 Å². The highest BCUT2D eigenvalue weighted by Gasteiger charge is 2.22. The third-order valence-corrected chi connectivity index (χ3v) is 3.06. The fourth-order valence-electron chi connectivity index (χ4n) is 2.26. The molecule has 1 heterocycles. The van der Waals surface area contributed by atoms with Gasteiger partial charge in [-0.25, -0.2) is 4.39 Å². The molecule has 0 bridgehead atoms. The van der Waals surface area contributed by atoms with E-state index in [0.29, 0.717) is 31.3 Å². The molecule has 17 heavy (non-hydrogen) atoms. The molecule has 0 aliphatic carbocycles. The van der Waals surface area contributed by atoms with Crippen LogP contribution < -0.4 is 10.5 Å². The largest absolute Gasteiger partial charge is 0.491 e. The Hall–Kier alpha value is -1.29. The Labute approximate surface area is 101 Å². The zero-order valence-electron chi connectivity index (χ0n) is 10.0. The van der Waals surface area contributed by atoms with E-state index in [1.165, 1.54) is 12.1 Å². The summed E-state index contributed by atoms with van der Waals surface area (Å²) in [5, 5.41) is 0. The molecule has 1 aromatic carbocycles. The highest BCUT2D eigenvalue weighted by Crippen LogP contribution is 2.37. The monoisotopic (exact) mass is 239 g/mol. The van der Waals surface area contributed by atoms with Crippen LogP contribution in [0, 0.1) is 5.82 Å². The van der Waals surface area contributed by atoms with E-state index in [4.69, 9.17) is 15.2 Å². The Balaban J connectivity index is 2.35. The molecule has 0 radical (unpaired) electrons. The molecule has 0 aromatic heterocycles. The molecule has 2 N–H and O–H groups in total. The highest BCUT2D eigenvalue weighted by molar-refractivity contribution is 5.58. The van der Waals surface area contributed by atoms with E-state index in [0.717, 1.165) is 18.4 Å². The van der Waals surface area contributed by atoms with Crippen LogP contribution in [0.15, 0.2) is 12.1 Å². The normalized spacial score (nSPS) is 17.1. The van der Waals surface area contributed by atoms with E-state index in [1.54, 1.807) is 0 Å². The van der Waals surface area contributed by atoms with Crippen molar-refractivity contribution in [1.82, 2.24) is 0 Å². The lowest BCUT2D eigenvalue weighted by atomic mass is 9.90. The number of hydrogen-bond donors (Lipinski definition) is 1. The van der Waals surface area contributed by atoms with E-state index >= 15 is 0 Å². The van der Waals surface area contributed by atoms with E-state index in [1.807, 2.05) is 6.92 Å². The van der Waals surface area contributed by atoms with Gasteiger partial charge in [0.05, 0.1) is 12.3 Å². The zero-order valence-corrected chi connectivity index (χ0v) is 10.0. The number of rotatable bonds is 3. The van der Waals surface area contributed by atoms with Crippen LogP contribution in [0.1, 0.15) is 31.2 Å². The second-order valence-corrected chi connectivity index (χ2v) is 4.23. The second-order valence-electron chi connectivity index (χ2n) is 4.23. The first-order chi connectivity index (χ1) is 8.22. The minimum absolute atomic E-state index is 0.281. The van der Waals surface area contributed by atoms with Crippen molar-refractivity contribution in [1.29, 1.82) is 0 Å². The van der Waals surface area contributed by atoms with Crippen LogP contribution in [-0.4, -0.2) is 19.8 Å². The SMILES string of the molecule is CCOc1c(N)cc(F)cc1C1CCOCC1. The molecule has 1 aromatic rings. The number of ether oxygens (including phenoxy) is 2. The maximum absolute atomic E-state index is 13.4. The summed E-state index contributed by atoms with van der Waals surface area (Å²) in [4.78, 5) is 0. The summed E-state index contributed by atoms with van der Waals surface area (Å²) in [5.74, 6) is 0.622. The van der Waals surface area contributed by atoms with Crippen LogP contribution in [0.4, 0.5) is 10.1 Å². The molecule has 2 rings (SSSR count). The Morgan fingerprint density at radius 3 is 2.76 bits per heavy atom. The number of nitrogens with two attached hydrogens (primary N) is 1. The average molecular weight is 239 g/mol. The predicted octanol–water partition coefficient (Wildman–Crippen LogP) is 2.70. The third kappa shape index (κ3) is 2.69. The zero-order chi connectivity index (χ0) is 12.3. The van der Waals surface area contributed by atoms with E-state index in [-0.39, 0.29) is 11.7 Å². The van der Waals surface area contributed by atoms with Crippen LogP contribution >= 0.6 is 0 Å². The summed E-state index contributed by atoms with van der Waals surface area (Å²) in [5.41, 5.74) is 7.08. The molecule has 1 saturated heterocycles. The topological polar surface area (TPSA) is 44.5 Å². The summed E-state index contributed by atoms with van der Waals surface area (Å²) >= 11 is 0. The van der Waals surface area contributed by atoms with Crippen molar-refractivity contribution >= 4 is 5.69 Å². The first-order valence-electron chi connectivity index (χ1n) is 6.01. The number of nitrogen functional groups attached to an aromatic ring is 1. The van der Waals surface area contributed by atoms with Gasteiger partial charge in [0, 0.05) is 24.8 Å². The maximum Gasteiger partial charge on any atom is 0.145 e. The molecule has 1 aliphatic rings. The first-order valence-corrected chi connectivity index (χ1v) is 6.01. The fourth-order valence-corrected chi connectivity index (χ4v) is 2.26. The van der Waals surface area contributed by atoms with Gasteiger partial charge in [0.1, 0.15) is 11.6 Å². The lowest BCUT2D eigenvalue weighted by Crippen LogP contribution is -2.16. The molecule has 1 aliphatic heterocycles. The summed E-state index contributed by atoms with van der Waals surface area (Å²) in [6.07, 6.45) is 1.78. The summed E-state index contributed by atoms with van der Waals surface area (Å²) in [6.45, 7) is 3.86. The molecule has 3 nitrogen and oxygen atoms in total. The maximum atomic E-state index is 13.4. The van der Waals surface area contributed by atoms with Gasteiger partial charge < -0.3 is 15.2 Å². The Bertz CT molecular complexity index is 389. The Morgan fingerprint density at radius 1 is 1.41 bits per heavy atom. The molecule has 0 saturated carbocycles. The molecular formula is C13H18FNO2. The quantitative estimate of drug-likeness (QED) is 0.825. The number of halogens is 1.